The molecule has 0 aliphatic rings. The largest absolute Gasteiger partial charge is 0.466 e. The van der Waals surface area contributed by atoms with Crippen molar-refractivity contribution in [3.63, 3.8) is 0 Å². The average molecular weight is 268 g/mol. The first-order valence-corrected chi connectivity index (χ1v) is 6.20. The number of hydrogen-bond donors (Lipinski definition) is 0. The van der Waals surface area contributed by atoms with Crippen LogP contribution in [0.5, 0.6) is 0 Å². The molecule has 0 bridgehead atoms. The van der Waals surface area contributed by atoms with Gasteiger partial charge in [-0.3, -0.25) is 4.79 Å². The monoisotopic (exact) mass is 268 g/mol. The topological polar surface area (TPSA) is 52.6 Å². The van der Waals surface area contributed by atoms with E-state index >= 15 is 0 Å². The second-order valence-corrected chi connectivity index (χ2v) is 3.80. The van der Waals surface area contributed by atoms with Gasteiger partial charge >= 0.3 is 11.9 Å². The van der Waals surface area contributed by atoms with Gasteiger partial charge in [-0.2, -0.15) is 0 Å². The van der Waals surface area contributed by atoms with Gasteiger partial charge in [-0.25, -0.2) is 9.18 Å². The Morgan fingerprint density at radius 2 is 1.84 bits per heavy atom. The van der Waals surface area contributed by atoms with Crippen molar-refractivity contribution in [3.05, 3.63) is 35.1 Å². The van der Waals surface area contributed by atoms with Crippen molar-refractivity contribution in [1.29, 1.82) is 0 Å². The van der Waals surface area contributed by atoms with Crippen LogP contribution in [0.15, 0.2) is 18.2 Å². The number of aryl methyl sites for hydroxylation is 1. The van der Waals surface area contributed by atoms with Crippen molar-refractivity contribution in [2.24, 2.45) is 0 Å². The zero-order valence-corrected chi connectivity index (χ0v) is 11.1. The molecule has 0 aromatic heterocycles. The molecule has 0 aliphatic heterocycles. The third-order valence-electron chi connectivity index (χ3n) is 2.48. The highest BCUT2D eigenvalue weighted by atomic mass is 19.1. The highest BCUT2D eigenvalue weighted by Crippen LogP contribution is 2.17. The van der Waals surface area contributed by atoms with Crippen LogP contribution >= 0.6 is 0 Å². The summed E-state index contributed by atoms with van der Waals surface area (Å²) >= 11 is 0. The molecule has 5 heteroatoms. The van der Waals surface area contributed by atoms with Crippen LogP contribution in [0.1, 0.15) is 36.2 Å². The molecule has 0 saturated carbocycles. The van der Waals surface area contributed by atoms with Crippen molar-refractivity contribution in [3.8, 4) is 0 Å². The van der Waals surface area contributed by atoms with Gasteiger partial charge in [0.2, 0.25) is 0 Å². The van der Waals surface area contributed by atoms with Crippen LogP contribution in [0, 0.1) is 5.82 Å². The summed E-state index contributed by atoms with van der Waals surface area (Å²) in [5.41, 5.74) is 0.347. The zero-order chi connectivity index (χ0) is 14.3. The molecule has 0 unspecified atom stereocenters. The van der Waals surface area contributed by atoms with Crippen molar-refractivity contribution in [2.75, 3.05) is 13.2 Å². The number of halogens is 1. The Balaban J connectivity index is 2.85. The standard InChI is InChI=1S/C14H17FO4/c1-3-18-12(16)9-8-10-6-5-7-11(15)13(10)14(17)19-4-2/h5-7H,3-4,8-9H2,1-2H3. The van der Waals surface area contributed by atoms with Gasteiger partial charge in [-0.05, 0) is 31.9 Å². The third-order valence-corrected chi connectivity index (χ3v) is 2.48. The molecule has 4 nitrogen and oxygen atoms in total. The molecule has 0 N–H and O–H groups in total. The maximum absolute atomic E-state index is 13.7. The third kappa shape index (κ3) is 4.35. The van der Waals surface area contributed by atoms with Crippen molar-refractivity contribution < 1.29 is 23.5 Å². The summed E-state index contributed by atoms with van der Waals surface area (Å²) < 4.78 is 23.3. The highest BCUT2D eigenvalue weighted by Gasteiger charge is 2.18. The molecule has 0 spiro atoms. The van der Waals surface area contributed by atoms with E-state index in [1.54, 1.807) is 19.9 Å². The molecule has 0 atom stereocenters. The maximum atomic E-state index is 13.7. The first-order valence-electron chi connectivity index (χ1n) is 6.20. The molecular formula is C14H17FO4. The molecule has 19 heavy (non-hydrogen) atoms. The predicted octanol–water partition coefficient (Wildman–Crippen LogP) is 2.50. The van der Waals surface area contributed by atoms with Gasteiger partial charge in [-0.1, -0.05) is 12.1 Å². The quantitative estimate of drug-likeness (QED) is 0.744. The predicted molar refractivity (Wildman–Crippen MR) is 67.3 cm³/mol. The van der Waals surface area contributed by atoms with Crippen molar-refractivity contribution >= 4 is 11.9 Å². The van der Waals surface area contributed by atoms with E-state index in [0.29, 0.717) is 12.2 Å². The zero-order valence-electron chi connectivity index (χ0n) is 11.1. The summed E-state index contributed by atoms with van der Waals surface area (Å²) in [5, 5.41) is 0. The van der Waals surface area contributed by atoms with Gasteiger partial charge in [0.05, 0.1) is 18.8 Å². The van der Waals surface area contributed by atoms with Crippen molar-refractivity contribution in [1.82, 2.24) is 0 Å². The molecule has 0 fully saturated rings. The summed E-state index contributed by atoms with van der Waals surface area (Å²) in [6.45, 7) is 3.83. The lowest BCUT2D eigenvalue weighted by Crippen LogP contribution is -2.12. The summed E-state index contributed by atoms with van der Waals surface area (Å²) in [7, 11) is 0. The summed E-state index contributed by atoms with van der Waals surface area (Å²) in [6.07, 6.45) is 0.342. The molecule has 0 heterocycles. The lowest BCUT2D eigenvalue weighted by molar-refractivity contribution is -0.143. The molecule has 0 saturated heterocycles. The van der Waals surface area contributed by atoms with Gasteiger partial charge in [-0.15, -0.1) is 0 Å². The Morgan fingerprint density at radius 3 is 2.47 bits per heavy atom. The van der Waals surface area contributed by atoms with Crippen LogP contribution in [0.25, 0.3) is 0 Å². The minimum atomic E-state index is -0.709. The van der Waals surface area contributed by atoms with Gasteiger partial charge in [0.15, 0.2) is 0 Å². The van der Waals surface area contributed by atoms with E-state index in [4.69, 9.17) is 9.47 Å². The molecule has 1 aromatic carbocycles. The van der Waals surface area contributed by atoms with Crippen LogP contribution in [-0.4, -0.2) is 25.2 Å². The maximum Gasteiger partial charge on any atom is 0.341 e. The highest BCUT2D eigenvalue weighted by molar-refractivity contribution is 5.91. The first-order chi connectivity index (χ1) is 9.10. The van der Waals surface area contributed by atoms with E-state index in [2.05, 4.69) is 0 Å². The fourth-order valence-corrected chi connectivity index (χ4v) is 1.68. The second kappa shape index (κ2) is 7.51. The van der Waals surface area contributed by atoms with Gasteiger partial charge in [0.25, 0.3) is 0 Å². The lowest BCUT2D eigenvalue weighted by Gasteiger charge is -2.09. The summed E-state index contributed by atoms with van der Waals surface area (Å²) in [6, 6.07) is 4.30. The Bertz CT molecular complexity index is 457. The minimum Gasteiger partial charge on any atom is -0.466 e. The SMILES string of the molecule is CCOC(=O)CCc1cccc(F)c1C(=O)OCC. The molecule has 104 valence electrons. The van der Waals surface area contributed by atoms with Crippen LogP contribution in [0.3, 0.4) is 0 Å². The number of carbonyl (C=O) groups excluding carboxylic acids is 2. The molecule has 1 rings (SSSR count). The first kappa shape index (κ1) is 15.1. The van der Waals surface area contributed by atoms with Crippen LogP contribution in [-0.2, 0) is 20.7 Å². The van der Waals surface area contributed by atoms with E-state index in [-0.39, 0.29) is 31.0 Å². The van der Waals surface area contributed by atoms with E-state index < -0.39 is 11.8 Å². The molecule has 1 aromatic rings. The van der Waals surface area contributed by atoms with Crippen molar-refractivity contribution in [2.45, 2.75) is 26.7 Å². The summed E-state index contributed by atoms with van der Waals surface area (Å²) in [5.74, 6) is -1.72. The normalized spacial score (nSPS) is 10.1. The second-order valence-electron chi connectivity index (χ2n) is 3.80. The van der Waals surface area contributed by atoms with Gasteiger partial charge in [0.1, 0.15) is 5.82 Å². The van der Waals surface area contributed by atoms with E-state index in [1.807, 2.05) is 0 Å². The van der Waals surface area contributed by atoms with E-state index in [1.165, 1.54) is 12.1 Å². The van der Waals surface area contributed by atoms with Crippen LogP contribution < -0.4 is 0 Å². The Morgan fingerprint density at radius 1 is 1.16 bits per heavy atom. The molecular weight excluding hydrogens is 251 g/mol. The number of carbonyl (C=O) groups is 2. The summed E-state index contributed by atoms with van der Waals surface area (Å²) in [4.78, 5) is 23.0. The smallest absolute Gasteiger partial charge is 0.341 e. The van der Waals surface area contributed by atoms with E-state index in [9.17, 15) is 14.0 Å². The fourth-order valence-electron chi connectivity index (χ4n) is 1.68. The molecule has 0 amide bonds. The number of esters is 2. The Labute approximate surface area is 111 Å². The minimum absolute atomic E-state index is 0.101. The molecule has 0 radical (unpaired) electrons. The number of benzene rings is 1. The average Bonchev–Trinajstić information content (AvgIpc) is 2.37. The van der Waals surface area contributed by atoms with Crippen LogP contribution in [0.2, 0.25) is 0 Å². The Hall–Kier alpha value is -1.91. The van der Waals surface area contributed by atoms with Gasteiger partial charge < -0.3 is 9.47 Å². The lowest BCUT2D eigenvalue weighted by atomic mass is 10.0. The van der Waals surface area contributed by atoms with Crippen LogP contribution in [0.4, 0.5) is 4.39 Å². The number of rotatable bonds is 6. The Kier molecular flexibility index (Phi) is 5.99. The molecule has 0 aliphatic carbocycles. The van der Waals surface area contributed by atoms with Gasteiger partial charge in [0, 0.05) is 6.42 Å². The number of ether oxygens (including phenoxy) is 2. The number of hydrogen-bond acceptors (Lipinski definition) is 4. The van der Waals surface area contributed by atoms with E-state index in [0.717, 1.165) is 0 Å². The fraction of sp³-hybridized carbons (Fsp3) is 0.429.